The fraction of sp³-hybridized carbons (Fsp3) is 0.579. The standard InChI is InChI=1S/C19H29NO3/c1-6-11-19(4,5)18(22)20-12-15-7-9-16(10-8-15)13-23-17(21)14(2)3/h7-10,14H,6,11-13H2,1-5H3,(H,20,22). The van der Waals surface area contributed by atoms with Gasteiger partial charge in [-0.05, 0) is 17.5 Å². The van der Waals surface area contributed by atoms with Crippen LogP contribution in [0.1, 0.15) is 58.6 Å². The van der Waals surface area contributed by atoms with E-state index in [1.807, 2.05) is 52.0 Å². The molecule has 0 saturated heterocycles. The Morgan fingerprint density at radius 3 is 2.22 bits per heavy atom. The second kappa shape index (κ2) is 8.70. The minimum absolute atomic E-state index is 0.0780. The average molecular weight is 319 g/mol. The van der Waals surface area contributed by atoms with Gasteiger partial charge < -0.3 is 10.1 Å². The van der Waals surface area contributed by atoms with Gasteiger partial charge in [0.2, 0.25) is 5.91 Å². The maximum absolute atomic E-state index is 12.2. The van der Waals surface area contributed by atoms with Crippen molar-refractivity contribution in [3.05, 3.63) is 35.4 Å². The van der Waals surface area contributed by atoms with E-state index in [1.54, 1.807) is 0 Å². The Kier molecular flexibility index (Phi) is 7.27. The lowest BCUT2D eigenvalue weighted by molar-refractivity contribution is -0.148. The van der Waals surface area contributed by atoms with Gasteiger partial charge in [-0.25, -0.2) is 0 Å². The number of benzene rings is 1. The van der Waals surface area contributed by atoms with E-state index in [0.717, 1.165) is 24.0 Å². The molecule has 1 N–H and O–H groups in total. The van der Waals surface area contributed by atoms with Gasteiger partial charge in [-0.3, -0.25) is 9.59 Å². The molecule has 4 nitrogen and oxygen atoms in total. The van der Waals surface area contributed by atoms with Gasteiger partial charge in [0.25, 0.3) is 0 Å². The van der Waals surface area contributed by atoms with Gasteiger partial charge in [0, 0.05) is 12.0 Å². The second-order valence-electron chi connectivity index (χ2n) is 6.90. The maximum Gasteiger partial charge on any atom is 0.308 e. The minimum atomic E-state index is -0.334. The summed E-state index contributed by atoms with van der Waals surface area (Å²) < 4.78 is 5.19. The molecule has 0 atom stereocenters. The van der Waals surface area contributed by atoms with Crippen molar-refractivity contribution in [2.45, 2.75) is 60.6 Å². The number of ether oxygens (including phenoxy) is 1. The summed E-state index contributed by atoms with van der Waals surface area (Å²) >= 11 is 0. The van der Waals surface area contributed by atoms with E-state index < -0.39 is 0 Å². The van der Waals surface area contributed by atoms with E-state index in [-0.39, 0.29) is 29.8 Å². The fourth-order valence-corrected chi connectivity index (χ4v) is 2.23. The van der Waals surface area contributed by atoms with E-state index in [9.17, 15) is 9.59 Å². The van der Waals surface area contributed by atoms with E-state index in [2.05, 4.69) is 12.2 Å². The van der Waals surface area contributed by atoms with Crippen molar-refractivity contribution in [3.8, 4) is 0 Å². The number of nitrogens with one attached hydrogen (secondary N) is 1. The molecule has 1 aromatic rings. The first-order valence-corrected chi connectivity index (χ1v) is 8.29. The summed E-state index contributed by atoms with van der Waals surface area (Å²) in [5.74, 6) is -0.232. The third-order valence-electron chi connectivity index (χ3n) is 3.82. The van der Waals surface area contributed by atoms with Crippen LogP contribution < -0.4 is 5.32 Å². The van der Waals surface area contributed by atoms with Crippen LogP contribution in [0.2, 0.25) is 0 Å². The quantitative estimate of drug-likeness (QED) is 0.741. The van der Waals surface area contributed by atoms with Gasteiger partial charge in [0.1, 0.15) is 6.61 Å². The van der Waals surface area contributed by atoms with Crippen molar-refractivity contribution in [3.63, 3.8) is 0 Å². The van der Waals surface area contributed by atoms with Crippen LogP contribution in [0, 0.1) is 11.3 Å². The Morgan fingerprint density at radius 1 is 1.13 bits per heavy atom. The molecule has 0 fully saturated rings. The van der Waals surface area contributed by atoms with Crippen molar-refractivity contribution in [1.29, 1.82) is 0 Å². The Morgan fingerprint density at radius 2 is 1.70 bits per heavy atom. The highest BCUT2D eigenvalue weighted by Crippen LogP contribution is 2.22. The van der Waals surface area contributed by atoms with Crippen molar-refractivity contribution in [1.82, 2.24) is 5.32 Å². The van der Waals surface area contributed by atoms with E-state index in [0.29, 0.717) is 6.54 Å². The summed E-state index contributed by atoms with van der Waals surface area (Å²) in [4.78, 5) is 23.6. The van der Waals surface area contributed by atoms with Crippen LogP contribution >= 0.6 is 0 Å². The molecule has 0 bridgehead atoms. The lowest BCUT2D eigenvalue weighted by Gasteiger charge is -2.22. The molecular formula is C19H29NO3. The molecule has 0 aliphatic rings. The van der Waals surface area contributed by atoms with Crippen LogP contribution in [-0.2, 0) is 27.5 Å². The lowest BCUT2D eigenvalue weighted by atomic mass is 9.87. The molecule has 0 radical (unpaired) electrons. The maximum atomic E-state index is 12.2. The SMILES string of the molecule is CCCC(C)(C)C(=O)NCc1ccc(COC(=O)C(C)C)cc1. The third kappa shape index (κ3) is 6.43. The van der Waals surface area contributed by atoms with Crippen molar-refractivity contribution >= 4 is 11.9 Å². The predicted molar refractivity (Wildman–Crippen MR) is 91.6 cm³/mol. The van der Waals surface area contributed by atoms with Gasteiger partial charge in [-0.15, -0.1) is 0 Å². The first-order chi connectivity index (χ1) is 10.8. The first-order valence-electron chi connectivity index (χ1n) is 8.29. The summed E-state index contributed by atoms with van der Waals surface area (Å²) in [6.07, 6.45) is 1.86. The molecule has 1 amide bonds. The summed E-state index contributed by atoms with van der Waals surface area (Å²) in [6.45, 7) is 10.4. The lowest BCUT2D eigenvalue weighted by Crippen LogP contribution is -2.36. The number of esters is 1. The zero-order valence-electron chi connectivity index (χ0n) is 14.9. The Hall–Kier alpha value is -1.84. The van der Waals surface area contributed by atoms with Crippen LogP contribution in [-0.4, -0.2) is 11.9 Å². The number of rotatable bonds is 8. The largest absolute Gasteiger partial charge is 0.461 e. The molecule has 0 aliphatic carbocycles. The predicted octanol–water partition coefficient (Wildman–Crippen LogP) is 3.83. The summed E-state index contributed by atoms with van der Waals surface area (Å²) in [5, 5.41) is 2.98. The molecule has 4 heteroatoms. The van der Waals surface area contributed by atoms with Crippen molar-refractivity contribution in [2.75, 3.05) is 0 Å². The highest BCUT2D eigenvalue weighted by Gasteiger charge is 2.25. The average Bonchev–Trinajstić information content (AvgIpc) is 2.50. The number of hydrogen-bond donors (Lipinski definition) is 1. The number of carbonyl (C=O) groups is 2. The van der Waals surface area contributed by atoms with E-state index >= 15 is 0 Å². The molecule has 1 aromatic carbocycles. The molecule has 1 rings (SSSR count). The zero-order chi connectivity index (χ0) is 17.5. The third-order valence-corrected chi connectivity index (χ3v) is 3.82. The van der Waals surface area contributed by atoms with E-state index in [4.69, 9.17) is 4.74 Å². The molecular weight excluding hydrogens is 290 g/mol. The topological polar surface area (TPSA) is 55.4 Å². The highest BCUT2D eigenvalue weighted by molar-refractivity contribution is 5.81. The van der Waals surface area contributed by atoms with Crippen molar-refractivity contribution < 1.29 is 14.3 Å². The summed E-state index contributed by atoms with van der Waals surface area (Å²) in [6, 6.07) is 7.75. The Balaban J connectivity index is 2.48. The van der Waals surface area contributed by atoms with Crippen LogP contribution in [0.25, 0.3) is 0 Å². The molecule has 0 heterocycles. The molecule has 0 aromatic heterocycles. The van der Waals surface area contributed by atoms with Crippen LogP contribution in [0.3, 0.4) is 0 Å². The number of carbonyl (C=O) groups excluding carboxylic acids is 2. The number of amides is 1. The van der Waals surface area contributed by atoms with E-state index in [1.165, 1.54) is 0 Å². The molecule has 0 saturated carbocycles. The van der Waals surface area contributed by atoms with Gasteiger partial charge in [-0.1, -0.05) is 65.3 Å². The highest BCUT2D eigenvalue weighted by atomic mass is 16.5. The van der Waals surface area contributed by atoms with Crippen molar-refractivity contribution in [2.24, 2.45) is 11.3 Å². The molecule has 0 spiro atoms. The van der Waals surface area contributed by atoms with Crippen LogP contribution in [0.15, 0.2) is 24.3 Å². The monoisotopic (exact) mass is 319 g/mol. The van der Waals surface area contributed by atoms with Gasteiger partial charge in [0.05, 0.1) is 5.92 Å². The normalized spacial score (nSPS) is 11.4. The summed E-state index contributed by atoms with van der Waals surface area (Å²) in [7, 11) is 0. The summed E-state index contributed by atoms with van der Waals surface area (Å²) in [5.41, 5.74) is 1.64. The minimum Gasteiger partial charge on any atom is -0.461 e. The van der Waals surface area contributed by atoms with Gasteiger partial charge >= 0.3 is 5.97 Å². The zero-order valence-corrected chi connectivity index (χ0v) is 14.9. The Bertz CT molecular complexity index is 518. The molecule has 23 heavy (non-hydrogen) atoms. The molecule has 128 valence electrons. The first kappa shape index (κ1) is 19.2. The number of hydrogen-bond acceptors (Lipinski definition) is 3. The van der Waals surface area contributed by atoms with Crippen LogP contribution in [0.4, 0.5) is 0 Å². The smallest absolute Gasteiger partial charge is 0.308 e. The molecule has 0 unspecified atom stereocenters. The Labute approximate surface area is 139 Å². The second-order valence-corrected chi connectivity index (χ2v) is 6.90. The van der Waals surface area contributed by atoms with Crippen LogP contribution in [0.5, 0.6) is 0 Å². The van der Waals surface area contributed by atoms with Gasteiger partial charge in [-0.2, -0.15) is 0 Å². The molecule has 0 aliphatic heterocycles. The fourth-order valence-electron chi connectivity index (χ4n) is 2.23. The van der Waals surface area contributed by atoms with Gasteiger partial charge in [0.15, 0.2) is 0 Å².